The number of amides is 1. The van der Waals surface area contributed by atoms with Crippen LogP contribution in [0.5, 0.6) is 5.75 Å². The zero-order chi connectivity index (χ0) is 27.3. The summed E-state index contributed by atoms with van der Waals surface area (Å²) in [7, 11) is 3.20. The molecule has 1 unspecified atom stereocenters. The number of hydrogen-bond acceptors (Lipinski definition) is 5. The molecule has 3 aromatic carbocycles. The summed E-state index contributed by atoms with van der Waals surface area (Å²) in [5.41, 5.74) is 4.45. The Labute approximate surface area is 224 Å². The summed E-state index contributed by atoms with van der Waals surface area (Å²) in [5, 5.41) is 12.3. The largest absolute Gasteiger partial charge is 0.492 e. The van der Waals surface area contributed by atoms with Crippen LogP contribution in [-0.4, -0.2) is 44.4 Å². The SMILES string of the molecule is CCCCC(Cc1ccc(OCCNC(=O)c2ccc(-c3cccc(C(OC)OC)c3)cc2)cc1)C(=O)O. The van der Waals surface area contributed by atoms with Crippen molar-refractivity contribution in [3.8, 4) is 16.9 Å². The summed E-state index contributed by atoms with van der Waals surface area (Å²) in [5.74, 6) is -0.607. The Morgan fingerprint density at radius 1 is 0.921 bits per heavy atom. The van der Waals surface area contributed by atoms with Crippen molar-refractivity contribution in [2.75, 3.05) is 27.4 Å². The van der Waals surface area contributed by atoms with Crippen LogP contribution in [0.1, 0.15) is 54.0 Å². The fourth-order valence-corrected chi connectivity index (χ4v) is 4.25. The predicted molar refractivity (Wildman–Crippen MR) is 147 cm³/mol. The second-order valence-corrected chi connectivity index (χ2v) is 9.14. The molecule has 0 bridgehead atoms. The van der Waals surface area contributed by atoms with Gasteiger partial charge in [-0.15, -0.1) is 0 Å². The number of methoxy groups -OCH3 is 2. The van der Waals surface area contributed by atoms with Gasteiger partial charge in [-0.3, -0.25) is 9.59 Å². The van der Waals surface area contributed by atoms with Gasteiger partial charge in [-0.1, -0.05) is 62.2 Å². The predicted octanol–water partition coefficient (Wildman–Crippen LogP) is 5.89. The van der Waals surface area contributed by atoms with Gasteiger partial charge in [-0.2, -0.15) is 0 Å². The lowest BCUT2D eigenvalue weighted by Crippen LogP contribution is -2.28. The highest BCUT2D eigenvalue weighted by Crippen LogP contribution is 2.25. The van der Waals surface area contributed by atoms with Gasteiger partial charge in [0.25, 0.3) is 5.91 Å². The van der Waals surface area contributed by atoms with E-state index in [0.29, 0.717) is 37.3 Å². The molecule has 0 aliphatic rings. The number of carboxylic acids is 1. The van der Waals surface area contributed by atoms with Crippen molar-refractivity contribution >= 4 is 11.9 Å². The van der Waals surface area contributed by atoms with Crippen molar-refractivity contribution in [1.29, 1.82) is 0 Å². The van der Waals surface area contributed by atoms with E-state index in [0.717, 1.165) is 35.1 Å². The van der Waals surface area contributed by atoms with Gasteiger partial charge in [0.15, 0.2) is 6.29 Å². The lowest BCUT2D eigenvalue weighted by Gasteiger charge is -2.14. The summed E-state index contributed by atoms with van der Waals surface area (Å²) in [4.78, 5) is 24.0. The maximum atomic E-state index is 12.6. The number of ether oxygens (including phenoxy) is 3. The third-order valence-electron chi connectivity index (χ3n) is 6.38. The van der Waals surface area contributed by atoms with Gasteiger partial charge in [0.05, 0.1) is 12.5 Å². The first-order valence-electron chi connectivity index (χ1n) is 12.9. The van der Waals surface area contributed by atoms with E-state index in [4.69, 9.17) is 14.2 Å². The van der Waals surface area contributed by atoms with E-state index in [1.165, 1.54) is 0 Å². The molecule has 0 heterocycles. The molecule has 3 aromatic rings. The van der Waals surface area contributed by atoms with E-state index in [-0.39, 0.29) is 11.8 Å². The molecule has 0 fully saturated rings. The zero-order valence-electron chi connectivity index (χ0n) is 22.3. The minimum atomic E-state index is -0.749. The molecule has 7 heteroatoms. The third-order valence-corrected chi connectivity index (χ3v) is 6.38. The van der Waals surface area contributed by atoms with Crippen LogP contribution in [0.4, 0.5) is 0 Å². The van der Waals surface area contributed by atoms with Gasteiger partial charge >= 0.3 is 5.97 Å². The molecular formula is C31H37NO6. The maximum Gasteiger partial charge on any atom is 0.306 e. The molecule has 0 aliphatic carbocycles. The minimum absolute atomic E-state index is 0.171. The molecule has 3 rings (SSSR count). The molecule has 0 spiro atoms. The monoisotopic (exact) mass is 519 g/mol. The number of carbonyl (C=O) groups is 2. The number of carbonyl (C=O) groups excluding carboxylic acids is 1. The smallest absolute Gasteiger partial charge is 0.306 e. The number of carboxylic acid groups (broad SMARTS) is 1. The van der Waals surface area contributed by atoms with E-state index in [1.807, 2.05) is 60.7 Å². The van der Waals surface area contributed by atoms with Crippen LogP contribution >= 0.6 is 0 Å². The standard InChI is InChI=1S/C31H37NO6/c1-4-5-7-26(30(34)35)20-22-10-16-28(17-11-22)38-19-18-32-29(33)24-14-12-23(13-15-24)25-8-6-9-27(21-25)31(36-2)37-3/h6,8-17,21,26,31H,4-5,7,18-20H2,1-3H3,(H,32,33)(H,34,35). The summed E-state index contributed by atoms with van der Waals surface area (Å²) in [6, 6.07) is 22.8. The second-order valence-electron chi connectivity index (χ2n) is 9.14. The van der Waals surface area contributed by atoms with Crippen molar-refractivity contribution in [2.24, 2.45) is 5.92 Å². The normalized spacial score (nSPS) is 11.8. The highest BCUT2D eigenvalue weighted by atomic mass is 16.7. The first kappa shape index (κ1) is 28.9. The third kappa shape index (κ3) is 8.43. The fraction of sp³-hybridized carbons (Fsp3) is 0.355. The molecule has 202 valence electrons. The van der Waals surface area contributed by atoms with Crippen LogP contribution in [0.2, 0.25) is 0 Å². The van der Waals surface area contributed by atoms with Gasteiger partial charge in [0, 0.05) is 25.3 Å². The Balaban J connectivity index is 1.46. The van der Waals surface area contributed by atoms with Crippen LogP contribution in [0.25, 0.3) is 11.1 Å². The Bertz CT molecular complexity index is 1160. The van der Waals surface area contributed by atoms with Gasteiger partial charge in [-0.25, -0.2) is 0 Å². The van der Waals surface area contributed by atoms with Gasteiger partial charge in [0.2, 0.25) is 0 Å². The highest BCUT2D eigenvalue weighted by molar-refractivity contribution is 5.94. The van der Waals surface area contributed by atoms with E-state index in [9.17, 15) is 14.7 Å². The molecule has 38 heavy (non-hydrogen) atoms. The molecule has 0 aromatic heterocycles. The van der Waals surface area contributed by atoms with E-state index in [1.54, 1.807) is 26.4 Å². The summed E-state index contributed by atoms with van der Waals surface area (Å²) in [6.07, 6.45) is 2.66. The van der Waals surface area contributed by atoms with Crippen molar-refractivity contribution < 1.29 is 28.9 Å². The molecule has 0 aliphatic heterocycles. The Morgan fingerprint density at radius 3 is 2.26 bits per heavy atom. The van der Waals surface area contributed by atoms with Gasteiger partial charge < -0.3 is 24.6 Å². The van der Waals surface area contributed by atoms with Crippen molar-refractivity contribution in [3.63, 3.8) is 0 Å². The second kappa shape index (κ2) is 14.9. The Hall–Kier alpha value is -3.68. The lowest BCUT2D eigenvalue weighted by atomic mass is 9.94. The summed E-state index contributed by atoms with van der Waals surface area (Å²) >= 11 is 0. The first-order valence-corrected chi connectivity index (χ1v) is 12.9. The topological polar surface area (TPSA) is 94.1 Å². The fourth-order valence-electron chi connectivity index (χ4n) is 4.25. The number of hydrogen-bond donors (Lipinski definition) is 2. The molecule has 1 amide bonds. The van der Waals surface area contributed by atoms with E-state index >= 15 is 0 Å². The summed E-state index contributed by atoms with van der Waals surface area (Å²) < 4.78 is 16.4. The van der Waals surface area contributed by atoms with Crippen molar-refractivity contribution in [2.45, 2.75) is 38.9 Å². The van der Waals surface area contributed by atoms with Gasteiger partial charge in [-0.05, 0) is 59.9 Å². The van der Waals surface area contributed by atoms with Crippen LogP contribution < -0.4 is 10.1 Å². The number of unbranched alkanes of at least 4 members (excludes halogenated alkanes) is 1. The van der Waals surface area contributed by atoms with E-state index < -0.39 is 12.3 Å². The quantitative estimate of drug-likeness (QED) is 0.192. The minimum Gasteiger partial charge on any atom is -0.492 e. The first-order chi connectivity index (χ1) is 18.4. The van der Waals surface area contributed by atoms with E-state index in [2.05, 4.69) is 12.2 Å². The van der Waals surface area contributed by atoms with Crippen LogP contribution in [0, 0.1) is 5.92 Å². The van der Waals surface area contributed by atoms with Crippen molar-refractivity contribution in [3.05, 3.63) is 89.5 Å². The number of aliphatic carboxylic acids is 1. The molecule has 0 saturated carbocycles. The van der Waals surface area contributed by atoms with Crippen LogP contribution in [-0.2, 0) is 20.7 Å². The average molecular weight is 520 g/mol. The summed E-state index contributed by atoms with van der Waals surface area (Å²) in [6.45, 7) is 2.74. The molecule has 7 nitrogen and oxygen atoms in total. The van der Waals surface area contributed by atoms with Gasteiger partial charge in [0.1, 0.15) is 12.4 Å². The number of nitrogens with one attached hydrogen (secondary N) is 1. The van der Waals surface area contributed by atoms with Crippen LogP contribution in [0.3, 0.4) is 0 Å². The molecule has 0 saturated heterocycles. The molecular weight excluding hydrogens is 482 g/mol. The number of rotatable bonds is 15. The Kier molecular flexibility index (Phi) is 11.3. The number of benzene rings is 3. The molecule has 1 atom stereocenters. The highest BCUT2D eigenvalue weighted by Gasteiger charge is 2.17. The molecule has 0 radical (unpaired) electrons. The maximum absolute atomic E-state index is 12.6. The average Bonchev–Trinajstić information content (AvgIpc) is 2.95. The van der Waals surface area contributed by atoms with Crippen molar-refractivity contribution in [1.82, 2.24) is 5.32 Å². The molecule has 2 N–H and O–H groups in total. The van der Waals surface area contributed by atoms with Crippen LogP contribution in [0.15, 0.2) is 72.8 Å². The lowest BCUT2D eigenvalue weighted by molar-refractivity contribution is -0.142. The zero-order valence-corrected chi connectivity index (χ0v) is 22.3. The Morgan fingerprint density at radius 2 is 1.63 bits per heavy atom.